The van der Waals surface area contributed by atoms with Gasteiger partial charge in [0, 0.05) is 54.7 Å². The van der Waals surface area contributed by atoms with Crippen molar-refractivity contribution in [1.29, 1.82) is 0 Å². The van der Waals surface area contributed by atoms with Gasteiger partial charge in [0.15, 0.2) is 0 Å². The van der Waals surface area contributed by atoms with E-state index < -0.39 is 0 Å². The Morgan fingerprint density at radius 1 is 1.40 bits per heavy atom. The molecule has 1 N–H and O–H groups in total. The minimum atomic E-state index is -0.119. The van der Waals surface area contributed by atoms with Gasteiger partial charge < -0.3 is 15.0 Å². The van der Waals surface area contributed by atoms with Crippen molar-refractivity contribution >= 4 is 23.2 Å². The molecule has 0 spiro atoms. The fraction of sp³-hybridized carbons (Fsp3) is 0.500. The topological polar surface area (TPSA) is 67.3 Å². The second-order valence-corrected chi connectivity index (χ2v) is 7.89. The van der Waals surface area contributed by atoms with Gasteiger partial charge in [0.1, 0.15) is 0 Å². The largest absolute Gasteiger partial charge is 0.380 e. The molecule has 0 aliphatic carbocycles. The van der Waals surface area contributed by atoms with E-state index in [0.717, 1.165) is 25.5 Å². The maximum Gasteiger partial charge on any atom is 0.225 e. The fourth-order valence-corrected chi connectivity index (χ4v) is 4.56. The van der Waals surface area contributed by atoms with Crippen molar-refractivity contribution in [3.8, 4) is 0 Å². The summed E-state index contributed by atoms with van der Waals surface area (Å²) in [6, 6.07) is 5.96. The molecular weight excluding hydrogens is 336 g/mol. The molecule has 4 rings (SSSR count). The summed E-state index contributed by atoms with van der Waals surface area (Å²) < 4.78 is 5.72. The van der Waals surface area contributed by atoms with Crippen molar-refractivity contribution in [2.24, 2.45) is 11.3 Å². The zero-order chi connectivity index (χ0) is 17.1. The van der Waals surface area contributed by atoms with Crippen LogP contribution in [0.5, 0.6) is 0 Å². The summed E-state index contributed by atoms with van der Waals surface area (Å²) in [4.78, 5) is 24.7. The Bertz CT molecular complexity index is 709. The molecule has 2 aliphatic heterocycles. The van der Waals surface area contributed by atoms with Gasteiger partial charge in [-0.15, -0.1) is 11.3 Å². The summed E-state index contributed by atoms with van der Waals surface area (Å²) >= 11 is 1.73. The number of aromatic nitrogens is 2. The quantitative estimate of drug-likeness (QED) is 0.852. The maximum atomic E-state index is 12.5. The Labute approximate surface area is 151 Å². The molecule has 4 heterocycles. The van der Waals surface area contributed by atoms with Crippen LogP contribution in [0, 0.1) is 11.3 Å². The molecule has 0 saturated carbocycles. The molecule has 2 saturated heterocycles. The highest BCUT2D eigenvalue weighted by Crippen LogP contribution is 2.44. The number of carbonyl (C=O) groups excluding carboxylic acids is 1. The van der Waals surface area contributed by atoms with E-state index in [1.54, 1.807) is 23.7 Å². The second-order valence-electron chi connectivity index (χ2n) is 6.86. The number of rotatable bonds is 6. The van der Waals surface area contributed by atoms with Crippen LogP contribution in [-0.4, -0.2) is 48.7 Å². The molecule has 25 heavy (non-hydrogen) atoms. The molecule has 2 aromatic rings. The van der Waals surface area contributed by atoms with Gasteiger partial charge in [-0.05, 0) is 23.9 Å². The molecule has 2 fully saturated rings. The van der Waals surface area contributed by atoms with Gasteiger partial charge >= 0.3 is 0 Å². The lowest BCUT2D eigenvalue weighted by Crippen LogP contribution is -2.38. The van der Waals surface area contributed by atoms with E-state index in [1.807, 2.05) is 12.1 Å². The van der Waals surface area contributed by atoms with E-state index >= 15 is 0 Å². The molecule has 2 aromatic heterocycles. The van der Waals surface area contributed by atoms with Crippen LogP contribution < -0.4 is 10.2 Å². The summed E-state index contributed by atoms with van der Waals surface area (Å²) in [5.74, 6) is 1.22. The molecule has 2 aliphatic rings. The molecule has 2 atom stereocenters. The minimum absolute atomic E-state index is 0.114. The first kappa shape index (κ1) is 16.5. The summed E-state index contributed by atoms with van der Waals surface area (Å²) in [5.41, 5.74) is -0.119. The van der Waals surface area contributed by atoms with Gasteiger partial charge in [0.25, 0.3) is 0 Å². The average Bonchev–Trinajstić information content (AvgIpc) is 3.31. The number of nitrogens with one attached hydrogen (secondary N) is 1. The van der Waals surface area contributed by atoms with Crippen molar-refractivity contribution in [3.63, 3.8) is 0 Å². The molecule has 132 valence electrons. The highest BCUT2D eigenvalue weighted by atomic mass is 32.1. The summed E-state index contributed by atoms with van der Waals surface area (Å²) in [6.07, 6.45) is 4.92. The molecule has 7 heteroatoms. The Hall–Kier alpha value is -1.99. The first-order chi connectivity index (χ1) is 12.3. The van der Waals surface area contributed by atoms with Crippen LogP contribution >= 0.6 is 11.3 Å². The third-order valence-corrected chi connectivity index (χ3v) is 6.08. The average molecular weight is 358 g/mol. The van der Waals surface area contributed by atoms with E-state index in [2.05, 4.69) is 31.6 Å². The third-order valence-electron chi connectivity index (χ3n) is 5.14. The number of carbonyl (C=O) groups is 1. The molecule has 1 amide bonds. The number of nitrogens with zero attached hydrogens (tertiary/aromatic N) is 3. The van der Waals surface area contributed by atoms with Gasteiger partial charge in [0.05, 0.1) is 13.2 Å². The first-order valence-corrected chi connectivity index (χ1v) is 9.52. The lowest BCUT2D eigenvalue weighted by Gasteiger charge is -2.26. The highest BCUT2D eigenvalue weighted by Gasteiger charge is 2.52. The van der Waals surface area contributed by atoms with E-state index in [9.17, 15) is 4.79 Å². The van der Waals surface area contributed by atoms with Crippen LogP contribution in [0.4, 0.5) is 5.95 Å². The highest BCUT2D eigenvalue weighted by molar-refractivity contribution is 7.09. The van der Waals surface area contributed by atoms with Gasteiger partial charge in [0.2, 0.25) is 11.9 Å². The number of amides is 1. The number of hydrogen-bond acceptors (Lipinski definition) is 6. The van der Waals surface area contributed by atoms with Gasteiger partial charge in [-0.3, -0.25) is 4.79 Å². The second kappa shape index (κ2) is 7.09. The van der Waals surface area contributed by atoms with Crippen LogP contribution in [-0.2, 0) is 16.0 Å². The Morgan fingerprint density at radius 2 is 2.28 bits per heavy atom. The first-order valence-electron chi connectivity index (χ1n) is 8.64. The fourth-order valence-electron chi connectivity index (χ4n) is 3.85. The van der Waals surface area contributed by atoms with Crippen LogP contribution in [0.25, 0.3) is 0 Å². The standard InChI is InChI=1S/C18H22N4O2S/c23-16(19-7-4-15-3-1-8-25-15)9-18-12-22(10-14(18)11-24-13-18)17-20-5-2-6-21-17/h1-3,5-6,8,14H,4,7,9-13H2,(H,19,23)/t14-,18+/m1/s1. The number of fused-ring (bicyclic) bond motifs is 1. The lowest BCUT2D eigenvalue weighted by molar-refractivity contribution is -0.123. The predicted octanol–water partition coefficient (Wildman–Crippen LogP) is 1.74. The van der Waals surface area contributed by atoms with Crippen molar-refractivity contribution in [2.75, 3.05) is 37.7 Å². The summed E-state index contributed by atoms with van der Waals surface area (Å²) in [7, 11) is 0. The zero-order valence-corrected chi connectivity index (χ0v) is 14.9. The molecule has 6 nitrogen and oxygen atoms in total. The monoisotopic (exact) mass is 358 g/mol. The van der Waals surface area contributed by atoms with E-state index in [4.69, 9.17) is 4.74 Å². The van der Waals surface area contributed by atoms with Gasteiger partial charge in [-0.25, -0.2) is 9.97 Å². The number of thiophene rings is 1. The predicted molar refractivity (Wildman–Crippen MR) is 96.6 cm³/mol. The summed E-state index contributed by atoms with van der Waals surface area (Å²) in [6.45, 7) is 3.67. The molecule has 0 aromatic carbocycles. The van der Waals surface area contributed by atoms with Gasteiger partial charge in [-0.2, -0.15) is 0 Å². The van der Waals surface area contributed by atoms with Crippen molar-refractivity contribution in [3.05, 3.63) is 40.8 Å². The Morgan fingerprint density at radius 3 is 3.08 bits per heavy atom. The number of anilines is 1. The lowest BCUT2D eigenvalue weighted by atomic mass is 9.78. The third kappa shape index (κ3) is 3.52. The maximum absolute atomic E-state index is 12.5. The molecule has 0 bridgehead atoms. The SMILES string of the molecule is O=C(C[C@]12COC[C@H]1CN(c1ncccn1)C2)NCCc1cccs1. The molecule has 0 radical (unpaired) electrons. The minimum Gasteiger partial charge on any atom is -0.380 e. The van der Waals surface area contributed by atoms with Crippen LogP contribution in [0.1, 0.15) is 11.3 Å². The summed E-state index contributed by atoms with van der Waals surface area (Å²) in [5, 5.41) is 5.14. The molecular formula is C18H22N4O2S. The van der Waals surface area contributed by atoms with Crippen LogP contribution in [0.3, 0.4) is 0 Å². The van der Waals surface area contributed by atoms with Crippen LogP contribution in [0.2, 0.25) is 0 Å². The number of hydrogen-bond donors (Lipinski definition) is 1. The van der Waals surface area contributed by atoms with E-state index in [-0.39, 0.29) is 11.3 Å². The Kier molecular flexibility index (Phi) is 4.67. The van der Waals surface area contributed by atoms with Crippen molar-refractivity contribution in [1.82, 2.24) is 15.3 Å². The van der Waals surface area contributed by atoms with E-state index in [0.29, 0.717) is 32.1 Å². The van der Waals surface area contributed by atoms with E-state index in [1.165, 1.54) is 4.88 Å². The smallest absolute Gasteiger partial charge is 0.225 e. The van der Waals surface area contributed by atoms with Crippen LogP contribution in [0.15, 0.2) is 36.0 Å². The Balaban J connectivity index is 1.35. The zero-order valence-electron chi connectivity index (χ0n) is 14.1. The van der Waals surface area contributed by atoms with Crippen molar-refractivity contribution in [2.45, 2.75) is 12.8 Å². The number of ether oxygens (including phenoxy) is 1. The van der Waals surface area contributed by atoms with Gasteiger partial charge in [-0.1, -0.05) is 6.07 Å². The normalized spacial score (nSPS) is 25.1. The molecule has 0 unspecified atom stereocenters. The van der Waals surface area contributed by atoms with Crippen molar-refractivity contribution < 1.29 is 9.53 Å².